The fraction of sp³-hybridized carbons (Fsp3) is 0.318. The summed E-state index contributed by atoms with van der Waals surface area (Å²) in [5, 5.41) is 0.942. The van der Waals surface area contributed by atoms with Gasteiger partial charge in [-0.05, 0) is 29.3 Å². The molecule has 3 aromatic rings. The number of hydrogen-bond donors (Lipinski definition) is 1. The van der Waals surface area contributed by atoms with Crippen molar-refractivity contribution in [3.8, 4) is 11.1 Å². The van der Waals surface area contributed by atoms with Gasteiger partial charge in [-0.1, -0.05) is 12.1 Å². The van der Waals surface area contributed by atoms with Crippen molar-refractivity contribution in [3.05, 3.63) is 53.9 Å². The standard InChI is InChI=1S/C22H24N4O3/c1-25(2)22(28)16-5-3-15(4-6-16)17-11-19-18(14-24-21(19)23-13-17)12-20(27)26-7-9-29-10-8-26/h3-6,11,13-14H,7-10,12H2,1-2H3,(H,23,24). The summed E-state index contributed by atoms with van der Waals surface area (Å²) in [6.07, 6.45) is 4.00. The summed E-state index contributed by atoms with van der Waals surface area (Å²) < 4.78 is 5.32. The van der Waals surface area contributed by atoms with Crippen LogP contribution in [-0.4, -0.2) is 72.0 Å². The van der Waals surface area contributed by atoms with E-state index in [9.17, 15) is 9.59 Å². The Morgan fingerprint density at radius 1 is 1.14 bits per heavy atom. The average Bonchev–Trinajstić information content (AvgIpc) is 3.15. The smallest absolute Gasteiger partial charge is 0.253 e. The molecule has 0 radical (unpaired) electrons. The highest BCUT2D eigenvalue weighted by Gasteiger charge is 2.19. The lowest BCUT2D eigenvalue weighted by molar-refractivity contribution is -0.134. The normalized spacial score (nSPS) is 14.2. The van der Waals surface area contributed by atoms with Gasteiger partial charge in [0.05, 0.1) is 19.6 Å². The number of carbonyl (C=O) groups is 2. The summed E-state index contributed by atoms with van der Waals surface area (Å²) in [5.41, 5.74) is 4.26. The number of nitrogens with one attached hydrogen (secondary N) is 1. The molecule has 2 amide bonds. The lowest BCUT2D eigenvalue weighted by Crippen LogP contribution is -2.41. The zero-order chi connectivity index (χ0) is 20.4. The van der Waals surface area contributed by atoms with Crippen LogP contribution in [0, 0.1) is 0 Å². The molecule has 0 bridgehead atoms. The number of aromatic amines is 1. The molecule has 1 aromatic carbocycles. The molecule has 150 valence electrons. The number of morpholine rings is 1. The van der Waals surface area contributed by atoms with E-state index < -0.39 is 0 Å². The van der Waals surface area contributed by atoms with E-state index in [0.29, 0.717) is 38.3 Å². The van der Waals surface area contributed by atoms with Gasteiger partial charge in [-0.3, -0.25) is 9.59 Å². The first kappa shape index (κ1) is 19.1. The van der Waals surface area contributed by atoms with E-state index in [1.165, 1.54) is 0 Å². The molecular weight excluding hydrogens is 368 g/mol. The van der Waals surface area contributed by atoms with Gasteiger partial charge in [0.2, 0.25) is 5.91 Å². The monoisotopic (exact) mass is 392 g/mol. The number of H-pyrrole nitrogens is 1. The highest BCUT2D eigenvalue weighted by molar-refractivity contribution is 5.94. The minimum atomic E-state index is -0.0281. The van der Waals surface area contributed by atoms with Crippen molar-refractivity contribution in [1.82, 2.24) is 19.8 Å². The molecule has 2 aromatic heterocycles. The maximum absolute atomic E-state index is 12.6. The molecule has 3 heterocycles. The molecule has 0 aliphatic carbocycles. The van der Waals surface area contributed by atoms with Crippen LogP contribution in [0.3, 0.4) is 0 Å². The van der Waals surface area contributed by atoms with E-state index >= 15 is 0 Å². The van der Waals surface area contributed by atoms with Crippen molar-refractivity contribution in [2.24, 2.45) is 0 Å². The third-order valence-corrected chi connectivity index (χ3v) is 5.19. The van der Waals surface area contributed by atoms with Crippen molar-refractivity contribution in [2.45, 2.75) is 6.42 Å². The first-order chi connectivity index (χ1) is 14.0. The highest BCUT2D eigenvalue weighted by Crippen LogP contribution is 2.26. The van der Waals surface area contributed by atoms with E-state index in [2.05, 4.69) is 9.97 Å². The van der Waals surface area contributed by atoms with Gasteiger partial charge in [0.15, 0.2) is 0 Å². The molecule has 7 nitrogen and oxygen atoms in total. The van der Waals surface area contributed by atoms with Crippen LogP contribution in [0.5, 0.6) is 0 Å². The quantitative estimate of drug-likeness (QED) is 0.739. The van der Waals surface area contributed by atoms with Crippen LogP contribution < -0.4 is 0 Å². The van der Waals surface area contributed by atoms with Crippen LogP contribution >= 0.6 is 0 Å². The predicted molar refractivity (Wildman–Crippen MR) is 111 cm³/mol. The number of benzene rings is 1. The van der Waals surface area contributed by atoms with Crippen LogP contribution in [0.25, 0.3) is 22.2 Å². The number of fused-ring (bicyclic) bond motifs is 1. The average molecular weight is 392 g/mol. The largest absolute Gasteiger partial charge is 0.378 e. The molecule has 1 N–H and O–H groups in total. The molecule has 1 fully saturated rings. The Hall–Kier alpha value is -3.19. The maximum Gasteiger partial charge on any atom is 0.253 e. The lowest BCUT2D eigenvalue weighted by Gasteiger charge is -2.26. The molecule has 0 spiro atoms. The highest BCUT2D eigenvalue weighted by atomic mass is 16.5. The van der Waals surface area contributed by atoms with E-state index in [0.717, 1.165) is 27.7 Å². The van der Waals surface area contributed by atoms with Gasteiger partial charge in [0, 0.05) is 56.1 Å². The van der Waals surface area contributed by atoms with Gasteiger partial charge < -0.3 is 19.5 Å². The van der Waals surface area contributed by atoms with Crippen molar-refractivity contribution in [2.75, 3.05) is 40.4 Å². The number of carbonyl (C=O) groups excluding carboxylic acids is 2. The van der Waals surface area contributed by atoms with Gasteiger partial charge >= 0.3 is 0 Å². The third-order valence-electron chi connectivity index (χ3n) is 5.19. The number of aromatic nitrogens is 2. The Labute approximate surface area is 169 Å². The number of hydrogen-bond acceptors (Lipinski definition) is 4. The van der Waals surface area contributed by atoms with Gasteiger partial charge in [-0.2, -0.15) is 0 Å². The molecule has 7 heteroatoms. The number of ether oxygens (including phenoxy) is 1. The van der Waals surface area contributed by atoms with Crippen molar-refractivity contribution >= 4 is 22.8 Å². The van der Waals surface area contributed by atoms with Crippen LogP contribution in [-0.2, 0) is 16.0 Å². The van der Waals surface area contributed by atoms with E-state index in [1.54, 1.807) is 25.2 Å². The molecule has 1 aliphatic rings. The number of nitrogens with zero attached hydrogens (tertiary/aromatic N) is 3. The SMILES string of the molecule is CN(C)C(=O)c1ccc(-c2cnc3[nH]cc(CC(=O)N4CCOCC4)c3c2)cc1. The van der Waals surface area contributed by atoms with Crippen LogP contribution in [0.2, 0.25) is 0 Å². The Balaban J connectivity index is 1.58. The third kappa shape index (κ3) is 4.00. The number of pyridine rings is 1. The molecule has 4 rings (SSSR count). The number of amides is 2. The topological polar surface area (TPSA) is 78.5 Å². The summed E-state index contributed by atoms with van der Waals surface area (Å²) in [5.74, 6) is 0.0748. The second-order valence-electron chi connectivity index (χ2n) is 7.38. The minimum Gasteiger partial charge on any atom is -0.378 e. The molecule has 1 saturated heterocycles. The van der Waals surface area contributed by atoms with Crippen molar-refractivity contribution in [3.63, 3.8) is 0 Å². The van der Waals surface area contributed by atoms with Crippen LogP contribution in [0.4, 0.5) is 0 Å². The number of rotatable bonds is 4. The zero-order valence-corrected chi connectivity index (χ0v) is 16.6. The minimum absolute atomic E-state index is 0.0281. The Morgan fingerprint density at radius 3 is 2.55 bits per heavy atom. The Bertz CT molecular complexity index is 1030. The van der Waals surface area contributed by atoms with Gasteiger partial charge in [0.25, 0.3) is 5.91 Å². The van der Waals surface area contributed by atoms with Gasteiger partial charge in [0.1, 0.15) is 5.65 Å². The lowest BCUT2D eigenvalue weighted by atomic mass is 10.0. The van der Waals surface area contributed by atoms with Crippen molar-refractivity contribution < 1.29 is 14.3 Å². The maximum atomic E-state index is 12.6. The molecule has 0 unspecified atom stereocenters. The summed E-state index contributed by atoms with van der Waals surface area (Å²) in [6.45, 7) is 2.47. The van der Waals surface area contributed by atoms with Gasteiger partial charge in [-0.25, -0.2) is 4.98 Å². The van der Waals surface area contributed by atoms with Crippen molar-refractivity contribution in [1.29, 1.82) is 0 Å². The zero-order valence-electron chi connectivity index (χ0n) is 16.6. The summed E-state index contributed by atoms with van der Waals surface area (Å²) >= 11 is 0. The second-order valence-corrected chi connectivity index (χ2v) is 7.38. The summed E-state index contributed by atoms with van der Waals surface area (Å²) in [4.78, 5) is 35.8. The fourth-order valence-electron chi connectivity index (χ4n) is 3.51. The van der Waals surface area contributed by atoms with E-state index in [-0.39, 0.29) is 11.8 Å². The van der Waals surface area contributed by atoms with E-state index in [1.807, 2.05) is 41.4 Å². The Kier molecular flexibility index (Phi) is 5.31. The predicted octanol–water partition coefficient (Wildman–Crippen LogP) is 2.33. The first-order valence-corrected chi connectivity index (χ1v) is 9.66. The van der Waals surface area contributed by atoms with Crippen LogP contribution in [0.1, 0.15) is 15.9 Å². The molecular formula is C22H24N4O3. The molecule has 0 atom stereocenters. The molecule has 29 heavy (non-hydrogen) atoms. The van der Waals surface area contributed by atoms with Gasteiger partial charge in [-0.15, -0.1) is 0 Å². The Morgan fingerprint density at radius 2 is 1.86 bits per heavy atom. The fourth-order valence-corrected chi connectivity index (χ4v) is 3.51. The molecule has 0 saturated carbocycles. The van der Waals surface area contributed by atoms with Crippen LogP contribution in [0.15, 0.2) is 42.7 Å². The summed E-state index contributed by atoms with van der Waals surface area (Å²) in [7, 11) is 3.47. The first-order valence-electron chi connectivity index (χ1n) is 9.66. The molecule has 1 aliphatic heterocycles. The van der Waals surface area contributed by atoms with E-state index in [4.69, 9.17) is 4.74 Å². The second kappa shape index (κ2) is 8.05. The summed E-state index contributed by atoms with van der Waals surface area (Å²) in [6, 6.07) is 9.53.